The number of ether oxygens (including phenoxy) is 1. The van der Waals surface area contributed by atoms with Crippen molar-refractivity contribution in [2.24, 2.45) is 0 Å². The monoisotopic (exact) mass is 430 g/mol. The van der Waals surface area contributed by atoms with Gasteiger partial charge in [0.05, 0.1) is 7.57 Å². The lowest BCUT2D eigenvalue weighted by Crippen LogP contribution is -2.12. The second-order valence-corrected chi connectivity index (χ2v) is 9.47. The molecule has 0 atom stereocenters. The third-order valence-corrected chi connectivity index (χ3v) is 5.39. The fraction of sp³-hybridized carbons (Fsp3) is 0.312. The molecule has 0 aliphatic rings. The molecule has 2 aromatic rings. The van der Waals surface area contributed by atoms with Crippen molar-refractivity contribution < 1.29 is 9.53 Å². The quantitative estimate of drug-likeness (QED) is 0.569. The number of benzene rings is 1. The highest BCUT2D eigenvalue weighted by atomic mass is 79.9. The zero-order valence-electron chi connectivity index (χ0n) is 12.1. The minimum absolute atomic E-state index is 0.0382. The van der Waals surface area contributed by atoms with Crippen LogP contribution >= 0.6 is 43.2 Å². The van der Waals surface area contributed by atoms with Gasteiger partial charge < -0.3 is 4.74 Å². The SMILES string of the molecule is CC(C)(C)c1ccc(OCC(=O)c2cc(Br)sc2Br)cc1. The van der Waals surface area contributed by atoms with Gasteiger partial charge in [-0.2, -0.15) is 0 Å². The molecule has 2 rings (SSSR count). The number of halogens is 2. The molecular weight excluding hydrogens is 416 g/mol. The number of ketones is 1. The second kappa shape index (κ2) is 6.63. The van der Waals surface area contributed by atoms with E-state index in [1.807, 2.05) is 30.3 Å². The van der Waals surface area contributed by atoms with Crippen molar-refractivity contribution in [1.29, 1.82) is 0 Å². The molecule has 1 aromatic carbocycles. The predicted molar refractivity (Wildman–Crippen MR) is 94.7 cm³/mol. The first-order valence-corrected chi connectivity index (χ1v) is 8.89. The Balaban J connectivity index is 2.00. The fourth-order valence-corrected chi connectivity index (χ4v) is 4.66. The highest BCUT2D eigenvalue weighted by Gasteiger charge is 2.15. The Morgan fingerprint density at radius 1 is 1.19 bits per heavy atom. The Hall–Kier alpha value is -0.650. The summed E-state index contributed by atoms with van der Waals surface area (Å²) in [4.78, 5) is 12.1. The summed E-state index contributed by atoms with van der Waals surface area (Å²) in [5.74, 6) is 0.672. The summed E-state index contributed by atoms with van der Waals surface area (Å²) >= 11 is 8.24. The maximum atomic E-state index is 12.1. The Morgan fingerprint density at radius 2 is 1.81 bits per heavy atom. The molecule has 0 saturated carbocycles. The molecule has 1 heterocycles. The predicted octanol–water partition coefficient (Wildman–Crippen LogP) is 5.83. The van der Waals surface area contributed by atoms with Gasteiger partial charge in [-0.15, -0.1) is 11.3 Å². The van der Waals surface area contributed by atoms with E-state index in [1.165, 1.54) is 16.9 Å². The smallest absolute Gasteiger partial charge is 0.202 e. The van der Waals surface area contributed by atoms with E-state index in [0.717, 1.165) is 7.57 Å². The standard InChI is InChI=1S/C16H16Br2O2S/c1-16(2,3)10-4-6-11(7-5-10)20-9-13(19)12-8-14(17)21-15(12)18/h4-8H,9H2,1-3H3. The molecular formula is C16H16Br2O2S. The van der Waals surface area contributed by atoms with Crippen LogP contribution in [0.5, 0.6) is 5.75 Å². The number of rotatable bonds is 4. The number of hydrogen-bond acceptors (Lipinski definition) is 3. The number of carbonyl (C=O) groups is 1. The van der Waals surface area contributed by atoms with Gasteiger partial charge >= 0.3 is 0 Å². The van der Waals surface area contributed by atoms with Gasteiger partial charge in [0.25, 0.3) is 0 Å². The summed E-state index contributed by atoms with van der Waals surface area (Å²) in [7, 11) is 0. The summed E-state index contributed by atoms with van der Waals surface area (Å²) in [6.45, 7) is 6.53. The second-order valence-electron chi connectivity index (χ2n) is 5.72. The van der Waals surface area contributed by atoms with Crippen LogP contribution < -0.4 is 4.74 Å². The lowest BCUT2D eigenvalue weighted by molar-refractivity contribution is 0.0921. The zero-order valence-corrected chi connectivity index (χ0v) is 16.1. The first kappa shape index (κ1) is 16.7. The van der Waals surface area contributed by atoms with Gasteiger partial charge in [0.1, 0.15) is 5.75 Å². The maximum Gasteiger partial charge on any atom is 0.202 e. The molecule has 0 unspecified atom stereocenters. The van der Waals surface area contributed by atoms with Crippen molar-refractivity contribution in [1.82, 2.24) is 0 Å². The van der Waals surface area contributed by atoms with Crippen LogP contribution in [0.3, 0.4) is 0 Å². The Morgan fingerprint density at radius 3 is 2.29 bits per heavy atom. The van der Waals surface area contributed by atoms with Gasteiger partial charge in [-0.1, -0.05) is 32.9 Å². The van der Waals surface area contributed by atoms with E-state index in [4.69, 9.17) is 4.74 Å². The van der Waals surface area contributed by atoms with E-state index in [2.05, 4.69) is 52.6 Å². The highest BCUT2D eigenvalue weighted by Crippen LogP contribution is 2.32. The van der Waals surface area contributed by atoms with E-state index in [1.54, 1.807) is 0 Å². The first-order chi connectivity index (χ1) is 9.77. The summed E-state index contributed by atoms with van der Waals surface area (Å²) in [6.07, 6.45) is 0. The van der Waals surface area contributed by atoms with Crippen LogP contribution in [0.1, 0.15) is 36.7 Å². The number of Topliss-reactive ketones (excluding diaryl/α,β-unsaturated/α-hetero) is 1. The average Bonchev–Trinajstić information content (AvgIpc) is 2.74. The summed E-state index contributed by atoms with van der Waals surface area (Å²) < 4.78 is 7.32. The molecule has 2 nitrogen and oxygen atoms in total. The molecule has 0 N–H and O–H groups in total. The summed E-state index contributed by atoms with van der Waals surface area (Å²) in [5.41, 5.74) is 2.01. The van der Waals surface area contributed by atoms with Crippen LogP contribution in [0.25, 0.3) is 0 Å². The normalized spacial score (nSPS) is 11.5. The molecule has 0 spiro atoms. The third-order valence-electron chi connectivity index (χ3n) is 3.05. The Bertz CT molecular complexity index is 639. The zero-order chi connectivity index (χ0) is 15.6. The van der Waals surface area contributed by atoms with Gasteiger partial charge in [-0.05, 0) is 61.0 Å². The van der Waals surface area contributed by atoms with Gasteiger partial charge in [0, 0.05) is 5.56 Å². The van der Waals surface area contributed by atoms with Crippen molar-refractivity contribution >= 4 is 49.0 Å². The van der Waals surface area contributed by atoms with Gasteiger partial charge in [0.2, 0.25) is 5.78 Å². The lowest BCUT2D eigenvalue weighted by atomic mass is 9.87. The van der Waals surface area contributed by atoms with Crippen molar-refractivity contribution in [2.45, 2.75) is 26.2 Å². The van der Waals surface area contributed by atoms with Gasteiger partial charge in [0.15, 0.2) is 6.61 Å². The van der Waals surface area contributed by atoms with Crippen molar-refractivity contribution in [3.63, 3.8) is 0 Å². The molecule has 1 aromatic heterocycles. The molecule has 0 bridgehead atoms. The molecule has 0 aliphatic heterocycles. The Labute approximate surface area is 145 Å². The molecule has 0 aliphatic carbocycles. The highest BCUT2D eigenvalue weighted by molar-refractivity contribution is 9.12. The van der Waals surface area contributed by atoms with Crippen LogP contribution in [0, 0.1) is 0 Å². The molecule has 0 fully saturated rings. The van der Waals surface area contributed by atoms with Crippen LogP contribution in [0.15, 0.2) is 37.9 Å². The number of carbonyl (C=O) groups excluding carboxylic acids is 1. The van der Waals surface area contributed by atoms with E-state index < -0.39 is 0 Å². The third kappa shape index (κ3) is 4.41. The van der Waals surface area contributed by atoms with Crippen LogP contribution in [-0.2, 0) is 5.41 Å². The van der Waals surface area contributed by atoms with Crippen LogP contribution in [0.2, 0.25) is 0 Å². The molecule has 0 saturated heterocycles. The molecule has 112 valence electrons. The van der Waals surface area contributed by atoms with Gasteiger partial charge in [-0.25, -0.2) is 0 Å². The minimum Gasteiger partial charge on any atom is -0.485 e. The first-order valence-electron chi connectivity index (χ1n) is 6.49. The van der Waals surface area contributed by atoms with E-state index >= 15 is 0 Å². The van der Waals surface area contributed by atoms with E-state index in [9.17, 15) is 4.79 Å². The topological polar surface area (TPSA) is 26.3 Å². The lowest BCUT2D eigenvalue weighted by Gasteiger charge is -2.19. The Kier molecular flexibility index (Phi) is 5.28. The summed E-state index contributed by atoms with van der Waals surface area (Å²) in [5, 5.41) is 0. The number of hydrogen-bond donors (Lipinski definition) is 0. The minimum atomic E-state index is -0.0382. The van der Waals surface area contributed by atoms with E-state index in [0.29, 0.717) is 11.3 Å². The van der Waals surface area contributed by atoms with Crippen LogP contribution in [0.4, 0.5) is 0 Å². The largest absolute Gasteiger partial charge is 0.485 e. The van der Waals surface area contributed by atoms with Crippen LogP contribution in [-0.4, -0.2) is 12.4 Å². The molecule has 21 heavy (non-hydrogen) atoms. The number of thiophene rings is 1. The summed E-state index contributed by atoms with van der Waals surface area (Å²) in [6, 6.07) is 9.70. The van der Waals surface area contributed by atoms with Crippen molar-refractivity contribution in [3.05, 3.63) is 49.0 Å². The molecule has 0 radical (unpaired) electrons. The molecule has 0 amide bonds. The van der Waals surface area contributed by atoms with Gasteiger partial charge in [-0.3, -0.25) is 4.79 Å². The fourth-order valence-electron chi connectivity index (χ4n) is 1.81. The molecule has 5 heteroatoms. The van der Waals surface area contributed by atoms with E-state index in [-0.39, 0.29) is 17.8 Å². The average molecular weight is 432 g/mol. The maximum absolute atomic E-state index is 12.1. The van der Waals surface area contributed by atoms with Crippen molar-refractivity contribution in [3.8, 4) is 5.75 Å². The van der Waals surface area contributed by atoms with Crippen molar-refractivity contribution in [2.75, 3.05) is 6.61 Å².